The van der Waals surface area contributed by atoms with E-state index in [0.29, 0.717) is 12.0 Å². The van der Waals surface area contributed by atoms with Gasteiger partial charge in [-0.15, -0.1) is 0 Å². The van der Waals surface area contributed by atoms with E-state index in [9.17, 15) is 0 Å². The van der Waals surface area contributed by atoms with Crippen molar-refractivity contribution in [2.24, 2.45) is 5.73 Å². The number of imidazole rings is 1. The summed E-state index contributed by atoms with van der Waals surface area (Å²) < 4.78 is 0. The summed E-state index contributed by atoms with van der Waals surface area (Å²) >= 11 is 0. The zero-order valence-corrected chi connectivity index (χ0v) is 12.3. The molecule has 20 heavy (non-hydrogen) atoms. The number of rotatable bonds is 2. The molecule has 0 spiro atoms. The van der Waals surface area contributed by atoms with E-state index in [4.69, 9.17) is 10.7 Å². The highest BCUT2D eigenvalue weighted by Crippen LogP contribution is 2.32. The molecule has 1 aromatic heterocycles. The summed E-state index contributed by atoms with van der Waals surface area (Å²) in [6.07, 6.45) is 4.54. The predicted octanol–water partition coefficient (Wildman–Crippen LogP) is 3.68. The Kier molecular flexibility index (Phi) is 3.62. The number of nitrogens with two attached hydrogens (primary N) is 1. The standard InChI is InChI=1S/C17H23N3/c1-11-3-5-13(6-4-11)16-12(2)19-17(20-16)14-7-9-15(18)10-8-14/h3-6,14-15H,7-10,18H2,1-2H3,(H,19,20). The fourth-order valence-electron chi connectivity index (χ4n) is 3.06. The number of aromatic amines is 1. The van der Waals surface area contributed by atoms with Crippen molar-refractivity contribution in [2.75, 3.05) is 0 Å². The van der Waals surface area contributed by atoms with Crippen LogP contribution in [0, 0.1) is 13.8 Å². The fourth-order valence-corrected chi connectivity index (χ4v) is 3.06. The maximum absolute atomic E-state index is 5.98. The van der Waals surface area contributed by atoms with Crippen molar-refractivity contribution in [2.45, 2.75) is 51.5 Å². The molecular weight excluding hydrogens is 246 g/mol. The van der Waals surface area contributed by atoms with Crippen LogP contribution in [0.4, 0.5) is 0 Å². The van der Waals surface area contributed by atoms with Crippen molar-refractivity contribution in [3.05, 3.63) is 41.3 Å². The predicted molar refractivity (Wildman–Crippen MR) is 82.7 cm³/mol. The Morgan fingerprint density at radius 1 is 1.05 bits per heavy atom. The van der Waals surface area contributed by atoms with Crippen molar-refractivity contribution >= 4 is 0 Å². The van der Waals surface area contributed by atoms with Gasteiger partial charge in [-0.3, -0.25) is 0 Å². The van der Waals surface area contributed by atoms with Gasteiger partial charge in [0.25, 0.3) is 0 Å². The number of aromatic nitrogens is 2. The molecule has 3 heteroatoms. The van der Waals surface area contributed by atoms with Crippen LogP contribution in [-0.2, 0) is 0 Å². The van der Waals surface area contributed by atoms with Crippen LogP contribution < -0.4 is 5.73 Å². The zero-order chi connectivity index (χ0) is 14.1. The highest BCUT2D eigenvalue weighted by atomic mass is 14.9. The monoisotopic (exact) mass is 269 g/mol. The summed E-state index contributed by atoms with van der Waals surface area (Å²) in [5.41, 5.74) is 10.7. The van der Waals surface area contributed by atoms with Crippen molar-refractivity contribution in [1.29, 1.82) is 0 Å². The second-order valence-corrected chi connectivity index (χ2v) is 6.07. The van der Waals surface area contributed by atoms with Crippen LogP contribution in [0.5, 0.6) is 0 Å². The third kappa shape index (κ3) is 2.63. The minimum absolute atomic E-state index is 0.388. The normalized spacial score (nSPS) is 22.9. The summed E-state index contributed by atoms with van der Waals surface area (Å²) in [7, 11) is 0. The Balaban J connectivity index is 1.85. The van der Waals surface area contributed by atoms with Crippen LogP contribution >= 0.6 is 0 Å². The van der Waals surface area contributed by atoms with Crippen molar-refractivity contribution in [3.8, 4) is 11.3 Å². The maximum Gasteiger partial charge on any atom is 0.110 e. The quantitative estimate of drug-likeness (QED) is 0.873. The molecule has 2 aromatic rings. The van der Waals surface area contributed by atoms with Crippen molar-refractivity contribution < 1.29 is 0 Å². The van der Waals surface area contributed by atoms with Gasteiger partial charge in [0.05, 0.1) is 5.69 Å². The molecule has 0 bridgehead atoms. The van der Waals surface area contributed by atoms with E-state index in [0.717, 1.165) is 37.2 Å². The first-order valence-electron chi connectivity index (χ1n) is 7.52. The van der Waals surface area contributed by atoms with Gasteiger partial charge in [-0.05, 0) is 39.5 Å². The average molecular weight is 269 g/mol. The largest absolute Gasteiger partial charge is 0.345 e. The lowest BCUT2D eigenvalue weighted by Crippen LogP contribution is -2.26. The lowest BCUT2D eigenvalue weighted by molar-refractivity contribution is 0.386. The topological polar surface area (TPSA) is 54.7 Å². The Morgan fingerprint density at radius 3 is 2.35 bits per heavy atom. The highest BCUT2D eigenvalue weighted by molar-refractivity contribution is 5.62. The first kappa shape index (κ1) is 13.4. The van der Waals surface area contributed by atoms with Crippen LogP contribution in [0.15, 0.2) is 24.3 Å². The average Bonchev–Trinajstić information content (AvgIpc) is 2.82. The van der Waals surface area contributed by atoms with Crippen molar-refractivity contribution in [1.82, 2.24) is 9.97 Å². The molecule has 0 saturated heterocycles. The fraction of sp³-hybridized carbons (Fsp3) is 0.471. The third-order valence-electron chi connectivity index (χ3n) is 4.39. The zero-order valence-electron chi connectivity index (χ0n) is 12.3. The lowest BCUT2D eigenvalue weighted by atomic mass is 9.86. The van der Waals surface area contributed by atoms with E-state index in [1.54, 1.807) is 0 Å². The third-order valence-corrected chi connectivity index (χ3v) is 4.39. The number of nitrogens with one attached hydrogen (secondary N) is 1. The summed E-state index contributed by atoms with van der Waals surface area (Å²) in [4.78, 5) is 8.35. The lowest BCUT2D eigenvalue weighted by Gasteiger charge is -2.24. The van der Waals surface area contributed by atoms with Crippen LogP contribution in [0.1, 0.15) is 48.7 Å². The molecule has 1 fully saturated rings. The van der Waals surface area contributed by atoms with E-state index < -0.39 is 0 Å². The summed E-state index contributed by atoms with van der Waals surface area (Å²) in [5.74, 6) is 1.69. The number of benzene rings is 1. The molecule has 106 valence electrons. The van der Waals surface area contributed by atoms with E-state index in [-0.39, 0.29) is 0 Å². The Labute approximate surface area is 120 Å². The SMILES string of the molecule is Cc1ccc(-c2nc(C3CCC(N)CC3)[nH]c2C)cc1. The molecule has 3 nitrogen and oxygen atoms in total. The number of H-pyrrole nitrogens is 1. The van der Waals surface area contributed by atoms with E-state index in [2.05, 4.69) is 43.1 Å². The number of nitrogens with zero attached hydrogens (tertiary/aromatic N) is 1. The maximum atomic E-state index is 5.98. The molecule has 0 unspecified atom stereocenters. The molecule has 1 saturated carbocycles. The first-order chi connectivity index (χ1) is 9.63. The van der Waals surface area contributed by atoms with Gasteiger partial charge in [0.15, 0.2) is 0 Å². The summed E-state index contributed by atoms with van der Waals surface area (Å²) in [6.45, 7) is 4.22. The molecule has 1 heterocycles. The Hall–Kier alpha value is -1.61. The van der Waals surface area contributed by atoms with Gasteiger partial charge in [0, 0.05) is 23.2 Å². The molecule has 1 aromatic carbocycles. The molecular formula is C17H23N3. The first-order valence-corrected chi connectivity index (χ1v) is 7.52. The van der Waals surface area contributed by atoms with E-state index >= 15 is 0 Å². The molecule has 1 aliphatic carbocycles. The number of aryl methyl sites for hydroxylation is 2. The summed E-state index contributed by atoms with van der Waals surface area (Å²) in [5, 5.41) is 0. The smallest absolute Gasteiger partial charge is 0.110 e. The van der Waals surface area contributed by atoms with E-state index in [1.165, 1.54) is 16.8 Å². The highest BCUT2D eigenvalue weighted by Gasteiger charge is 2.23. The molecule has 0 atom stereocenters. The van der Waals surface area contributed by atoms with Crippen LogP contribution in [0.25, 0.3) is 11.3 Å². The van der Waals surface area contributed by atoms with Crippen LogP contribution in [-0.4, -0.2) is 16.0 Å². The minimum Gasteiger partial charge on any atom is -0.345 e. The van der Waals surface area contributed by atoms with Gasteiger partial charge in [0.1, 0.15) is 5.82 Å². The van der Waals surface area contributed by atoms with E-state index in [1.807, 2.05) is 0 Å². The van der Waals surface area contributed by atoms with Gasteiger partial charge in [0.2, 0.25) is 0 Å². The van der Waals surface area contributed by atoms with Crippen molar-refractivity contribution in [3.63, 3.8) is 0 Å². The minimum atomic E-state index is 0.388. The van der Waals surface area contributed by atoms with Crippen LogP contribution in [0.3, 0.4) is 0 Å². The van der Waals surface area contributed by atoms with Gasteiger partial charge in [-0.1, -0.05) is 29.8 Å². The Morgan fingerprint density at radius 2 is 1.70 bits per heavy atom. The van der Waals surface area contributed by atoms with Gasteiger partial charge in [-0.25, -0.2) is 4.98 Å². The Bertz CT molecular complexity index is 575. The van der Waals surface area contributed by atoms with Crippen LogP contribution in [0.2, 0.25) is 0 Å². The van der Waals surface area contributed by atoms with Gasteiger partial charge < -0.3 is 10.7 Å². The summed E-state index contributed by atoms with van der Waals surface area (Å²) in [6, 6.07) is 8.97. The molecule has 0 aliphatic heterocycles. The molecule has 1 aliphatic rings. The van der Waals surface area contributed by atoms with Gasteiger partial charge in [-0.2, -0.15) is 0 Å². The second kappa shape index (κ2) is 5.41. The molecule has 0 amide bonds. The number of hydrogen-bond acceptors (Lipinski definition) is 2. The molecule has 0 radical (unpaired) electrons. The second-order valence-electron chi connectivity index (χ2n) is 6.07. The number of hydrogen-bond donors (Lipinski definition) is 2. The molecule has 3 rings (SSSR count). The molecule has 3 N–H and O–H groups in total. The van der Waals surface area contributed by atoms with Gasteiger partial charge >= 0.3 is 0 Å².